The van der Waals surface area contributed by atoms with Gasteiger partial charge in [-0.25, -0.2) is 5.43 Å². The molecular weight excluding hydrogens is 248 g/mol. The van der Waals surface area contributed by atoms with Gasteiger partial charge in [-0.3, -0.25) is 0 Å². The molecule has 1 aromatic rings. The lowest BCUT2D eigenvalue weighted by Crippen LogP contribution is -2.28. The van der Waals surface area contributed by atoms with E-state index in [9.17, 15) is 0 Å². The van der Waals surface area contributed by atoms with Crippen molar-refractivity contribution >= 4 is 23.4 Å². The second-order valence-corrected chi connectivity index (χ2v) is 4.84. The van der Waals surface area contributed by atoms with Gasteiger partial charge in [0.2, 0.25) is 5.96 Å². The van der Waals surface area contributed by atoms with Crippen molar-refractivity contribution in [1.82, 2.24) is 5.43 Å². The van der Waals surface area contributed by atoms with Crippen molar-refractivity contribution in [2.24, 2.45) is 21.3 Å². The van der Waals surface area contributed by atoms with Gasteiger partial charge in [-0.2, -0.15) is 5.10 Å². The van der Waals surface area contributed by atoms with Crippen molar-refractivity contribution in [3.63, 3.8) is 0 Å². The van der Waals surface area contributed by atoms with Gasteiger partial charge in [0.05, 0.1) is 5.71 Å². The third kappa shape index (κ3) is 3.01. The number of benzene rings is 1. The van der Waals surface area contributed by atoms with Crippen LogP contribution in [0, 0.1) is 19.8 Å². The van der Waals surface area contributed by atoms with Gasteiger partial charge in [-0.15, -0.1) is 4.51 Å². The minimum atomic E-state index is 0.111. The molecule has 1 aliphatic carbocycles. The highest BCUT2D eigenvalue weighted by Crippen LogP contribution is 2.34. The largest absolute Gasteiger partial charge is 0.367 e. The fraction of sp³-hybridized carbons (Fsp3) is 0.385. The molecule has 1 aromatic carbocycles. The predicted molar refractivity (Wildman–Crippen MR) is 75.8 cm³/mol. The molecule has 5 heteroatoms. The molecule has 2 rings (SSSR count). The number of nitrogens with one attached hydrogen (secondary N) is 1. The summed E-state index contributed by atoms with van der Waals surface area (Å²) in [6, 6.07) is 6.37. The summed E-state index contributed by atoms with van der Waals surface area (Å²) in [4.78, 5) is 0. The summed E-state index contributed by atoms with van der Waals surface area (Å²) in [7, 11) is 0. The summed E-state index contributed by atoms with van der Waals surface area (Å²) in [5, 5.41) is 4.36. The van der Waals surface area contributed by atoms with E-state index in [1.54, 1.807) is 0 Å². The molecule has 0 aromatic heterocycles. The molecule has 0 spiro atoms. The molecule has 18 heavy (non-hydrogen) atoms. The molecule has 0 radical (unpaired) electrons. The Morgan fingerprint density at radius 1 is 1.39 bits per heavy atom. The monoisotopic (exact) mass is 264 g/mol. The van der Waals surface area contributed by atoms with Gasteiger partial charge < -0.3 is 5.73 Å². The van der Waals surface area contributed by atoms with Crippen molar-refractivity contribution in [3.8, 4) is 0 Å². The third-order valence-electron chi connectivity index (χ3n) is 3.02. The Morgan fingerprint density at radius 3 is 2.72 bits per heavy atom. The number of guanidine groups is 1. The van der Waals surface area contributed by atoms with Crippen LogP contribution in [0.2, 0.25) is 0 Å². The fourth-order valence-electron chi connectivity index (χ4n) is 1.88. The Morgan fingerprint density at radius 2 is 2.11 bits per heavy atom. The number of aryl methyl sites for hydroxylation is 2. The van der Waals surface area contributed by atoms with Crippen molar-refractivity contribution in [1.29, 1.82) is 0 Å². The van der Waals surface area contributed by atoms with Gasteiger partial charge in [-0.1, -0.05) is 17.7 Å². The first-order valence-corrected chi connectivity index (χ1v) is 6.31. The number of nitrogens with two attached hydrogens (primary N) is 1. The van der Waals surface area contributed by atoms with Crippen molar-refractivity contribution in [2.75, 3.05) is 0 Å². The Kier molecular flexibility index (Phi) is 3.87. The molecule has 96 valence electrons. The molecule has 4 nitrogen and oxygen atoms in total. The molecule has 0 atom stereocenters. The van der Waals surface area contributed by atoms with E-state index in [1.807, 2.05) is 0 Å². The van der Waals surface area contributed by atoms with E-state index in [4.69, 9.17) is 17.5 Å². The van der Waals surface area contributed by atoms with E-state index >= 15 is 0 Å². The summed E-state index contributed by atoms with van der Waals surface area (Å²) in [5.41, 5.74) is 12.8. The first kappa shape index (κ1) is 12.9. The smallest absolute Gasteiger partial charge is 0.226 e. The van der Waals surface area contributed by atoms with E-state index in [2.05, 4.69) is 47.1 Å². The average molecular weight is 265 g/mol. The van der Waals surface area contributed by atoms with Crippen LogP contribution in [0.15, 0.2) is 27.8 Å². The second kappa shape index (κ2) is 5.40. The summed E-state index contributed by atoms with van der Waals surface area (Å²) in [6.45, 7) is 4.17. The van der Waals surface area contributed by atoms with Crippen LogP contribution < -0.4 is 11.2 Å². The fourth-order valence-corrected chi connectivity index (χ4v) is 1.91. The van der Waals surface area contributed by atoms with Crippen molar-refractivity contribution in [2.45, 2.75) is 26.7 Å². The van der Waals surface area contributed by atoms with Crippen LogP contribution >= 0.6 is 11.8 Å². The molecule has 0 heterocycles. The highest BCUT2D eigenvalue weighted by atomic mass is 35.5. The quantitative estimate of drug-likeness (QED) is 0.500. The van der Waals surface area contributed by atoms with E-state index in [1.165, 1.54) is 29.5 Å². The molecule has 0 bridgehead atoms. The number of rotatable bonds is 3. The van der Waals surface area contributed by atoms with Gasteiger partial charge >= 0.3 is 0 Å². The minimum absolute atomic E-state index is 0.111. The Bertz CT molecular complexity index is 504. The van der Waals surface area contributed by atoms with Crippen LogP contribution in [0.4, 0.5) is 0 Å². The van der Waals surface area contributed by atoms with Gasteiger partial charge in [0, 0.05) is 23.3 Å². The number of hydrogen-bond donors (Lipinski definition) is 2. The van der Waals surface area contributed by atoms with Gasteiger partial charge in [0.1, 0.15) is 0 Å². The number of hydrogen-bond acceptors (Lipinski definition) is 2. The maximum absolute atomic E-state index is 5.49. The van der Waals surface area contributed by atoms with Crippen molar-refractivity contribution in [3.05, 3.63) is 34.9 Å². The predicted octanol–water partition coefficient (Wildman–Crippen LogP) is 2.48. The van der Waals surface area contributed by atoms with E-state index in [0.29, 0.717) is 5.92 Å². The van der Waals surface area contributed by atoms with Crippen LogP contribution in [-0.2, 0) is 0 Å². The Hall–Kier alpha value is -1.55. The van der Waals surface area contributed by atoms with Gasteiger partial charge in [0.25, 0.3) is 0 Å². The zero-order valence-corrected chi connectivity index (χ0v) is 11.3. The minimum Gasteiger partial charge on any atom is -0.367 e. The summed E-state index contributed by atoms with van der Waals surface area (Å²) in [6.07, 6.45) is 2.34. The number of halogens is 1. The van der Waals surface area contributed by atoms with Crippen LogP contribution in [0.5, 0.6) is 0 Å². The molecule has 1 fully saturated rings. The van der Waals surface area contributed by atoms with Gasteiger partial charge in [-0.05, 0) is 38.3 Å². The normalized spacial score (nSPS) is 16.8. The first-order chi connectivity index (χ1) is 8.61. The summed E-state index contributed by atoms with van der Waals surface area (Å²) >= 11 is 5.26. The standard InChI is InChI=1S/C13H17ClN4/c1-8-3-4-9(2)11(7-8)12(10-5-6-10)17-18-13(15)16-14/h3-4,7,10H,5-6H2,1-2H3,(H3,15,16,18)/b17-12+. The van der Waals surface area contributed by atoms with E-state index in [-0.39, 0.29) is 5.96 Å². The SMILES string of the molecule is Cc1ccc(C)c(/C(=N/NC(N)=NCl)C2CC2)c1. The summed E-state index contributed by atoms with van der Waals surface area (Å²) in [5.74, 6) is 0.626. The lowest BCUT2D eigenvalue weighted by atomic mass is 9.99. The molecular formula is C13H17ClN4. The highest BCUT2D eigenvalue weighted by Gasteiger charge is 2.29. The molecule has 0 aliphatic heterocycles. The molecule has 0 amide bonds. The Balaban J connectivity index is 2.32. The number of nitrogens with zero attached hydrogens (tertiary/aromatic N) is 2. The zero-order chi connectivity index (χ0) is 13.1. The maximum atomic E-state index is 5.49. The maximum Gasteiger partial charge on any atom is 0.226 e. The first-order valence-electron chi connectivity index (χ1n) is 5.97. The van der Waals surface area contributed by atoms with Crippen molar-refractivity contribution < 1.29 is 0 Å². The second-order valence-electron chi connectivity index (χ2n) is 4.67. The molecule has 3 N–H and O–H groups in total. The van der Waals surface area contributed by atoms with E-state index < -0.39 is 0 Å². The summed E-state index contributed by atoms with van der Waals surface area (Å²) < 4.78 is 3.32. The Labute approximate surface area is 112 Å². The average Bonchev–Trinajstić information content (AvgIpc) is 3.17. The zero-order valence-electron chi connectivity index (χ0n) is 10.6. The van der Waals surface area contributed by atoms with E-state index in [0.717, 1.165) is 5.71 Å². The molecule has 0 unspecified atom stereocenters. The van der Waals surface area contributed by atoms with Crippen LogP contribution in [0.3, 0.4) is 0 Å². The van der Waals surface area contributed by atoms with Crippen LogP contribution in [0.25, 0.3) is 0 Å². The third-order valence-corrected chi connectivity index (χ3v) is 3.20. The highest BCUT2D eigenvalue weighted by molar-refractivity contribution is 6.19. The molecule has 1 saturated carbocycles. The number of hydrazone groups is 1. The lowest BCUT2D eigenvalue weighted by molar-refractivity contribution is 0.981. The molecule has 1 aliphatic rings. The van der Waals surface area contributed by atoms with Crippen LogP contribution in [-0.4, -0.2) is 11.7 Å². The van der Waals surface area contributed by atoms with Gasteiger partial charge in [0.15, 0.2) is 0 Å². The topological polar surface area (TPSA) is 62.8 Å². The molecule has 0 saturated heterocycles. The van der Waals surface area contributed by atoms with Crippen LogP contribution in [0.1, 0.15) is 29.5 Å². The lowest BCUT2D eigenvalue weighted by Gasteiger charge is -2.10.